The number of fused-ring (bicyclic) bond motifs is 1. The molecule has 1 N–H and O–H groups in total. The highest BCUT2D eigenvalue weighted by molar-refractivity contribution is 8.04. The van der Waals surface area contributed by atoms with Crippen LogP contribution in [-0.4, -0.2) is 51.1 Å². The molecular weight excluding hydrogens is 475 g/mol. The van der Waals surface area contributed by atoms with E-state index in [9.17, 15) is 14.4 Å². The van der Waals surface area contributed by atoms with Gasteiger partial charge >= 0.3 is 5.97 Å². The van der Waals surface area contributed by atoms with Gasteiger partial charge in [-0.3, -0.25) is 14.5 Å². The molecule has 7 nitrogen and oxygen atoms in total. The van der Waals surface area contributed by atoms with Crippen LogP contribution in [0.5, 0.6) is 5.75 Å². The van der Waals surface area contributed by atoms with Crippen molar-refractivity contribution in [3.05, 3.63) is 53.1 Å². The van der Waals surface area contributed by atoms with Gasteiger partial charge in [0.25, 0.3) is 11.8 Å². The second-order valence-corrected chi connectivity index (χ2v) is 10.2. The van der Waals surface area contributed by atoms with Crippen LogP contribution >= 0.6 is 46.6 Å². The Balaban J connectivity index is 1.65. The summed E-state index contributed by atoms with van der Waals surface area (Å²) in [6.07, 6.45) is 0. The lowest BCUT2D eigenvalue weighted by molar-refractivity contribution is -0.153. The number of amides is 2. The van der Waals surface area contributed by atoms with Gasteiger partial charge in [-0.25, -0.2) is 4.79 Å². The fraction of sp³-hybridized carbons (Fsp3) is 0.316. The molecule has 2 aliphatic heterocycles. The molecule has 0 aromatic heterocycles. The Morgan fingerprint density at radius 1 is 1.27 bits per heavy atom. The average Bonchev–Trinajstić information content (AvgIpc) is 2.70. The Kier molecular flexibility index (Phi) is 6.91. The van der Waals surface area contributed by atoms with Gasteiger partial charge < -0.3 is 14.8 Å². The van der Waals surface area contributed by atoms with Crippen molar-refractivity contribution in [1.29, 1.82) is 0 Å². The first-order valence-electron chi connectivity index (χ1n) is 8.69. The van der Waals surface area contributed by atoms with Gasteiger partial charge in [0.2, 0.25) is 3.79 Å². The molecule has 2 atom stereocenters. The molecule has 2 amide bonds. The molecule has 0 spiro atoms. The van der Waals surface area contributed by atoms with Crippen molar-refractivity contribution in [2.45, 2.75) is 22.1 Å². The predicted octanol–water partition coefficient (Wildman–Crippen LogP) is 3.17. The van der Waals surface area contributed by atoms with Gasteiger partial charge in [0.1, 0.15) is 29.5 Å². The lowest BCUT2D eigenvalue weighted by Gasteiger charge is -2.49. The number of nitrogens with zero attached hydrogens (tertiary/aromatic N) is 1. The number of para-hydroxylation sites is 1. The number of carbonyl (C=O) groups excluding carboxylic acids is 3. The molecule has 1 aromatic carbocycles. The van der Waals surface area contributed by atoms with Crippen LogP contribution in [-0.2, 0) is 19.1 Å². The lowest BCUT2D eigenvalue weighted by Crippen LogP contribution is -2.70. The zero-order chi connectivity index (χ0) is 22.1. The molecule has 1 saturated heterocycles. The minimum atomic E-state index is -1.78. The molecule has 1 unspecified atom stereocenters. The first kappa shape index (κ1) is 22.8. The summed E-state index contributed by atoms with van der Waals surface area (Å²) in [5.41, 5.74) is 0.505. The minimum Gasteiger partial charge on any atom is -0.484 e. The number of carbonyl (C=O) groups is 3. The first-order chi connectivity index (χ1) is 14.1. The third kappa shape index (κ3) is 5.06. The van der Waals surface area contributed by atoms with Crippen LogP contribution in [0.25, 0.3) is 0 Å². The van der Waals surface area contributed by atoms with Crippen LogP contribution < -0.4 is 10.1 Å². The van der Waals surface area contributed by atoms with E-state index in [0.29, 0.717) is 16.2 Å². The number of halogens is 3. The van der Waals surface area contributed by atoms with Crippen molar-refractivity contribution in [2.75, 3.05) is 13.2 Å². The molecule has 0 bridgehead atoms. The fourth-order valence-corrected chi connectivity index (χ4v) is 4.21. The van der Waals surface area contributed by atoms with Crippen LogP contribution in [0.3, 0.4) is 0 Å². The molecule has 0 aliphatic carbocycles. The van der Waals surface area contributed by atoms with Crippen molar-refractivity contribution >= 4 is 64.3 Å². The molecular formula is C19H17Cl3N2O5S. The summed E-state index contributed by atoms with van der Waals surface area (Å²) in [6.45, 7) is 4.83. The highest BCUT2D eigenvalue weighted by atomic mass is 35.6. The maximum Gasteiger partial charge on any atom is 0.355 e. The predicted molar refractivity (Wildman–Crippen MR) is 115 cm³/mol. The number of nitrogens with one attached hydrogen (secondary N) is 1. The van der Waals surface area contributed by atoms with Crippen LogP contribution in [0.2, 0.25) is 0 Å². The number of alkyl halides is 3. The molecule has 0 radical (unpaired) electrons. The van der Waals surface area contributed by atoms with Gasteiger partial charge in [0.05, 0.1) is 0 Å². The zero-order valence-corrected chi connectivity index (χ0v) is 18.8. The van der Waals surface area contributed by atoms with Crippen LogP contribution in [0.15, 0.2) is 53.1 Å². The minimum absolute atomic E-state index is 0.0223. The fourth-order valence-electron chi connectivity index (χ4n) is 2.85. The molecule has 160 valence electrons. The van der Waals surface area contributed by atoms with Crippen molar-refractivity contribution < 1.29 is 23.9 Å². The number of β-lactam (4-membered cyclic amide) rings is 1. The summed E-state index contributed by atoms with van der Waals surface area (Å²) >= 11 is 18.1. The molecule has 0 saturated carbocycles. The van der Waals surface area contributed by atoms with Crippen molar-refractivity contribution in [3.63, 3.8) is 0 Å². The Hall–Kier alpha value is -1.87. The molecule has 2 heterocycles. The number of ether oxygens (including phenoxy) is 2. The first-order valence-corrected chi connectivity index (χ1v) is 10.7. The normalized spacial score (nSPS) is 21.0. The van der Waals surface area contributed by atoms with E-state index in [0.717, 1.165) is 0 Å². The van der Waals surface area contributed by atoms with Crippen molar-refractivity contribution in [2.24, 2.45) is 0 Å². The SMILES string of the molecule is C=C1S[C@@H]2C(NC(=O)COc3ccccc3)C(=O)N2C(C(=O)OCC(Cl)(Cl)Cl)=C1C. The van der Waals surface area contributed by atoms with Gasteiger partial charge in [0.15, 0.2) is 6.61 Å². The molecule has 30 heavy (non-hydrogen) atoms. The third-order valence-corrected chi connectivity index (χ3v) is 5.95. The quantitative estimate of drug-likeness (QED) is 0.374. The average molecular weight is 492 g/mol. The lowest BCUT2D eigenvalue weighted by atomic mass is 10.0. The van der Waals surface area contributed by atoms with E-state index < -0.39 is 39.6 Å². The Bertz CT molecular complexity index is 916. The number of esters is 1. The van der Waals surface area contributed by atoms with E-state index in [-0.39, 0.29) is 12.3 Å². The summed E-state index contributed by atoms with van der Waals surface area (Å²) in [4.78, 5) is 39.3. The van der Waals surface area contributed by atoms with E-state index in [4.69, 9.17) is 44.3 Å². The second-order valence-electron chi connectivity index (χ2n) is 6.45. The number of thioether (sulfide) groups is 1. The van der Waals surface area contributed by atoms with E-state index in [1.165, 1.54) is 16.7 Å². The molecule has 11 heteroatoms. The van der Waals surface area contributed by atoms with E-state index in [1.54, 1.807) is 31.2 Å². The van der Waals surface area contributed by atoms with Crippen LogP contribution in [0.1, 0.15) is 6.92 Å². The smallest absolute Gasteiger partial charge is 0.355 e. The van der Waals surface area contributed by atoms with E-state index in [1.807, 2.05) is 6.07 Å². The highest BCUT2D eigenvalue weighted by Crippen LogP contribution is 2.45. The maximum atomic E-state index is 12.7. The summed E-state index contributed by atoms with van der Waals surface area (Å²) in [7, 11) is 0. The largest absolute Gasteiger partial charge is 0.484 e. The Labute approximate surface area is 192 Å². The van der Waals surface area contributed by atoms with Gasteiger partial charge in [-0.05, 0) is 24.6 Å². The van der Waals surface area contributed by atoms with E-state index >= 15 is 0 Å². The van der Waals surface area contributed by atoms with Crippen LogP contribution in [0.4, 0.5) is 0 Å². The van der Waals surface area contributed by atoms with Crippen molar-refractivity contribution in [1.82, 2.24) is 10.2 Å². The van der Waals surface area contributed by atoms with Gasteiger partial charge in [0, 0.05) is 4.91 Å². The summed E-state index contributed by atoms with van der Waals surface area (Å²) in [5, 5.41) is 2.09. The zero-order valence-electron chi connectivity index (χ0n) is 15.7. The number of benzene rings is 1. The maximum absolute atomic E-state index is 12.7. The number of hydrogen-bond donors (Lipinski definition) is 1. The topological polar surface area (TPSA) is 84.9 Å². The summed E-state index contributed by atoms with van der Waals surface area (Å²) in [6, 6.07) is 7.99. The van der Waals surface area contributed by atoms with Gasteiger partial charge in [-0.15, -0.1) is 0 Å². The number of allylic oxidation sites excluding steroid dienone is 1. The molecule has 1 fully saturated rings. The third-order valence-electron chi connectivity index (χ3n) is 4.31. The van der Waals surface area contributed by atoms with Gasteiger partial charge in [-0.1, -0.05) is 71.3 Å². The Morgan fingerprint density at radius 3 is 2.57 bits per heavy atom. The standard InChI is InChI=1S/C19H17Cl3N2O5S/c1-10-11(2)30-17-14(23-13(25)8-28-12-6-4-3-5-7-12)16(26)24(17)15(10)18(27)29-9-19(20,21)22/h3-7,14,17H,2,8-9H2,1H3,(H,23,25)/t14?,17-/m1/s1. The monoisotopic (exact) mass is 490 g/mol. The van der Waals surface area contributed by atoms with Crippen LogP contribution in [0, 0.1) is 0 Å². The highest BCUT2D eigenvalue weighted by Gasteiger charge is 2.55. The molecule has 3 rings (SSSR count). The number of hydrogen-bond acceptors (Lipinski definition) is 6. The Morgan fingerprint density at radius 2 is 1.93 bits per heavy atom. The molecule has 1 aromatic rings. The van der Waals surface area contributed by atoms with E-state index in [2.05, 4.69) is 11.9 Å². The van der Waals surface area contributed by atoms with Gasteiger partial charge in [-0.2, -0.15) is 0 Å². The molecule has 2 aliphatic rings. The summed E-state index contributed by atoms with van der Waals surface area (Å²) < 4.78 is 8.63. The number of rotatable bonds is 6. The summed E-state index contributed by atoms with van der Waals surface area (Å²) in [5.74, 6) is -1.19. The second kappa shape index (κ2) is 9.09. The van der Waals surface area contributed by atoms with Crippen molar-refractivity contribution in [3.8, 4) is 5.75 Å².